The van der Waals surface area contributed by atoms with Crippen molar-refractivity contribution >= 4 is 22.7 Å². The molecule has 2 aromatic rings. The molecule has 3 fully saturated rings. The Morgan fingerprint density at radius 1 is 1.03 bits per heavy atom. The minimum absolute atomic E-state index is 0.0467. The van der Waals surface area contributed by atoms with Gasteiger partial charge in [-0.1, -0.05) is 18.2 Å². The van der Waals surface area contributed by atoms with Crippen molar-refractivity contribution in [3.8, 4) is 0 Å². The quantitative estimate of drug-likeness (QED) is 0.655. The lowest BCUT2D eigenvalue weighted by Gasteiger charge is -2.39. The van der Waals surface area contributed by atoms with Crippen molar-refractivity contribution in [3.63, 3.8) is 0 Å². The van der Waals surface area contributed by atoms with Crippen LogP contribution in [0.15, 0.2) is 24.3 Å². The summed E-state index contributed by atoms with van der Waals surface area (Å²) in [5.74, 6) is 0.0208. The Hall–Kier alpha value is -2.45. The molecule has 0 saturated carbocycles. The van der Waals surface area contributed by atoms with Crippen molar-refractivity contribution in [1.29, 1.82) is 0 Å². The van der Waals surface area contributed by atoms with Gasteiger partial charge in [-0.3, -0.25) is 24.1 Å². The first kappa shape index (κ1) is 23.3. The molecule has 1 aromatic carbocycles. The molecular formula is C26H38N6O2. The molecule has 2 amide bonds. The molecule has 0 unspecified atom stereocenters. The highest BCUT2D eigenvalue weighted by atomic mass is 16.2. The van der Waals surface area contributed by atoms with E-state index in [0.717, 1.165) is 56.3 Å². The van der Waals surface area contributed by atoms with Gasteiger partial charge in [0, 0.05) is 68.7 Å². The van der Waals surface area contributed by atoms with E-state index in [1.165, 1.54) is 12.8 Å². The molecule has 184 valence electrons. The number of hydrogen-bond acceptors (Lipinski definition) is 5. The fourth-order valence-electron chi connectivity index (χ4n) is 6.36. The number of aromatic nitrogens is 2. The predicted molar refractivity (Wildman–Crippen MR) is 133 cm³/mol. The van der Waals surface area contributed by atoms with E-state index in [2.05, 4.69) is 39.4 Å². The molecule has 8 heteroatoms. The minimum atomic E-state index is -0.0467. The summed E-state index contributed by atoms with van der Waals surface area (Å²) in [6, 6.07) is 9.81. The van der Waals surface area contributed by atoms with Crippen LogP contribution in [-0.2, 0) is 4.79 Å². The average Bonchev–Trinajstić information content (AvgIpc) is 3.46. The third-order valence-corrected chi connectivity index (χ3v) is 7.89. The second kappa shape index (κ2) is 9.66. The van der Waals surface area contributed by atoms with Gasteiger partial charge >= 0.3 is 0 Å². The van der Waals surface area contributed by atoms with Crippen LogP contribution in [0.25, 0.3) is 10.9 Å². The highest BCUT2D eigenvalue weighted by molar-refractivity contribution is 6.05. The maximum Gasteiger partial charge on any atom is 0.272 e. The van der Waals surface area contributed by atoms with Gasteiger partial charge in [-0.15, -0.1) is 0 Å². The summed E-state index contributed by atoms with van der Waals surface area (Å²) in [7, 11) is 0. The Labute approximate surface area is 202 Å². The van der Waals surface area contributed by atoms with E-state index in [4.69, 9.17) is 0 Å². The van der Waals surface area contributed by atoms with Gasteiger partial charge in [0.25, 0.3) is 5.91 Å². The van der Waals surface area contributed by atoms with Crippen molar-refractivity contribution in [1.82, 2.24) is 30.2 Å². The summed E-state index contributed by atoms with van der Waals surface area (Å²) in [5.41, 5.74) is 1.56. The molecule has 5 rings (SSSR count). The molecule has 8 nitrogen and oxygen atoms in total. The summed E-state index contributed by atoms with van der Waals surface area (Å²) >= 11 is 0. The monoisotopic (exact) mass is 466 g/mol. The number of carbonyl (C=O) groups is 2. The van der Waals surface area contributed by atoms with Crippen LogP contribution in [0, 0.1) is 0 Å². The lowest BCUT2D eigenvalue weighted by Crippen LogP contribution is -2.52. The SMILES string of the molecule is CC(=O)N[C@@H]1CCN(CCN2[C@@H]3CC[C@H]2C[C@H](NC(=O)c2nn(C(C)C)c4ccccc24)C3)C1. The number of carbonyl (C=O) groups excluding carboxylic acids is 2. The van der Waals surface area contributed by atoms with Crippen LogP contribution in [0.2, 0.25) is 0 Å². The third-order valence-electron chi connectivity index (χ3n) is 7.89. The van der Waals surface area contributed by atoms with Gasteiger partial charge in [0.1, 0.15) is 0 Å². The third kappa shape index (κ3) is 4.70. The van der Waals surface area contributed by atoms with Gasteiger partial charge in [-0.25, -0.2) is 0 Å². The van der Waals surface area contributed by atoms with Crippen LogP contribution >= 0.6 is 0 Å². The van der Waals surface area contributed by atoms with Gasteiger partial charge in [-0.2, -0.15) is 5.10 Å². The van der Waals surface area contributed by atoms with Crippen LogP contribution in [0.3, 0.4) is 0 Å². The molecule has 3 aliphatic heterocycles. The summed E-state index contributed by atoms with van der Waals surface area (Å²) in [5, 5.41) is 12.0. The maximum atomic E-state index is 13.2. The zero-order chi connectivity index (χ0) is 23.8. The number of fused-ring (bicyclic) bond motifs is 3. The molecular weight excluding hydrogens is 428 g/mol. The predicted octanol–water partition coefficient (Wildman–Crippen LogP) is 2.55. The van der Waals surface area contributed by atoms with E-state index >= 15 is 0 Å². The number of nitrogens with one attached hydrogen (secondary N) is 2. The van der Waals surface area contributed by atoms with Gasteiger partial charge < -0.3 is 10.6 Å². The topological polar surface area (TPSA) is 82.5 Å². The van der Waals surface area contributed by atoms with Gasteiger partial charge in [0.05, 0.1) is 5.52 Å². The summed E-state index contributed by atoms with van der Waals surface area (Å²) in [6.07, 6.45) is 5.51. The van der Waals surface area contributed by atoms with Crippen LogP contribution in [0.5, 0.6) is 0 Å². The van der Waals surface area contributed by atoms with Crippen LogP contribution < -0.4 is 10.6 Å². The van der Waals surface area contributed by atoms with Gasteiger partial charge in [-0.05, 0) is 52.0 Å². The Balaban J connectivity index is 1.17. The molecule has 0 spiro atoms. The summed E-state index contributed by atoms with van der Waals surface area (Å²) in [4.78, 5) is 29.7. The van der Waals surface area contributed by atoms with Gasteiger partial charge in [0.15, 0.2) is 5.69 Å². The zero-order valence-corrected chi connectivity index (χ0v) is 20.7. The Bertz CT molecular complexity index is 1040. The number of rotatable bonds is 7. The standard InChI is InChI=1S/C26H38N6O2/c1-17(2)32-24-7-5-4-6-23(24)25(29-32)26(34)28-20-14-21-8-9-22(15-20)31(21)13-12-30-11-10-19(16-30)27-18(3)33/h4-7,17,19-22H,8-16H2,1-3H3,(H,27,33)(H,28,34)/t19-,20-,21-,22+/m1/s1. The number of piperidine rings is 1. The van der Waals surface area contributed by atoms with E-state index < -0.39 is 0 Å². The second-order valence-electron chi connectivity index (χ2n) is 10.7. The minimum Gasteiger partial charge on any atom is -0.352 e. The normalized spacial score (nSPS) is 27.5. The molecule has 1 aromatic heterocycles. The first-order chi connectivity index (χ1) is 16.4. The fourth-order valence-corrected chi connectivity index (χ4v) is 6.36. The largest absolute Gasteiger partial charge is 0.352 e. The highest BCUT2D eigenvalue weighted by Crippen LogP contribution is 2.36. The van der Waals surface area contributed by atoms with E-state index in [-0.39, 0.29) is 23.9 Å². The molecule has 4 heterocycles. The van der Waals surface area contributed by atoms with E-state index in [1.807, 2.05) is 28.9 Å². The van der Waals surface area contributed by atoms with Crippen molar-refractivity contribution in [2.24, 2.45) is 0 Å². The molecule has 2 N–H and O–H groups in total. The lowest BCUT2D eigenvalue weighted by molar-refractivity contribution is -0.119. The number of benzene rings is 1. The van der Waals surface area contributed by atoms with E-state index in [0.29, 0.717) is 23.8 Å². The van der Waals surface area contributed by atoms with Gasteiger partial charge in [0.2, 0.25) is 5.91 Å². The van der Waals surface area contributed by atoms with Crippen LogP contribution in [0.4, 0.5) is 0 Å². The molecule has 3 aliphatic rings. The van der Waals surface area contributed by atoms with Crippen molar-refractivity contribution < 1.29 is 9.59 Å². The first-order valence-electron chi connectivity index (χ1n) is 12.9. The number of nitrogens with zero attached hydrogens (tertiary/aromatic N) is 4. The Kier molecular flexibility index (Phi) is 6.62. The molecule has 0 radical (unpaired) electrons. The number of amides is 2. The molecule has 34 heavy (non-hydrogen) atoms. The number of para-hydroxylation sites is 1. The zero-order valence-electron chi connectivity index (χ0n) is 20.7. The smallest absolute Gasteiger partial charge is 0.272 e. The number of likely N-dealkylation sites (tertiary alicyclic amines) is 1. The van der Waals surface area contributed by atoms with Crippen molar-refractivity contribution in [3.05, 3.63) is 30.0 Å². The average molecular weight is 467 g/mol. The van der Waals surface area contributed by atoms with E-state index in [9.17, 15) is 9.59 Å². The Morgan fingerprint density at radius 3 is 2.47 bits per heavy atom. The summed E-state index contributed by atoms with van der Waals surface area (Å²) in [6.45, 7) is 9.93. The Morgan fingerprint density at radius 2 is 1.76 bits per heavy atom. The molecule has 2 bridgehead atoms. The fraction of sp³-hybridized carbons (Fsp3) is 0.654. The van der Waals surface area contributed by atoms with E-state index in [1.54, 1.807) is 6.92 Å². The maximum absolute atomic E-state index is 13.2. The first-order valence-corrected chi connectivity index (χ1v) is 12.9. The van der Waals surface area contributed by atoms with Crippen LogP contribution in [-0.4, -0.2) is 81.7 Å². The van der Waals surface area contributed by atoms with Crippen molar-refractivity contribution in [2.45, 2.75) is 83.1 Å². The molecule has 0 aliphatic carbocycles. The molecule has 4 atom stereocenters. The van der Waals surface area contributed by atoms with Crippen LogP contribution in [0.1, 0.15) is 69.4 Å². The second-order valence-corrected chi connectivity index (χ2v) is 10.7. The summed E-state index contributed by atoms with van der Waals surface area (Å²) < 4.78 is 1.95. The number of hydrogen-bond donors (Lipinski definition) is 2. The lowest BCUT2D eigenvalue weighted by atomic mass is 9.97. The molecule has 3 saturated heterocycles. The highest BCUT2D eigenvalue weighted by Gasteiger charge is 2.41. The van der Waals surface area contributed by atoms with Crippen molar-refractivity contribution in [2.75, 3.05) is 26.2 Å².